The van der Waals surface area contributed by atoms with Gasteiger partial charge in [-0.3, -0.25) is 14.4 Å². The summed E-state index contributed by atoms with van der Waals surface area (Å²) in [4.78, 5) is 38.7. The minimum absolute atomic E-state index is 0.0236. The summed E-state index contributed by atoms with van der Waals surface area (Å²) in [5.74, 6) is 0.00506. The Balaban J connectivity index is 1.59. The van der Waals surface area contributed by atoms with Gasteiger partial charge in [0, 0.05) is 12.6 Å². The number of fused-ring (bicyclic) bond motifs is 1. The number of hydrogen-bond donors (Lipinski definition) is 3. The Labute approximate surface area is 148 Å². The van der Waals surface area contributed by atoms with Crippen LogP contribution in [0.4, 0.5) is 0 Å². The number of nitrogens with one attached hydrogen (secondary N) is 2. The Hall–Kier alpha value is -1.63. The predicted octanol–water partition coefficient (Wildman–Crippen LogP) is 0.312. The summed E-state index contributed by atoms with van der Waals surface area (Å²) in [7, 11) is 0. The number of aliphatic hydroxyl groups is 1. The zero-order chi connectivity index (χ0) is 18.0. The molecular formula is C18H29N3O4. The lowest BCUT2D eigenvalue weighted by molar-refractivity contribution is -0.152. The number of rotatable bonds is 4. The van der Waals surface area contributed by atoms with Crippen molar-refractivity contribution in [3.05, 3.63) is 0 Å². The molecule has 2 heterocycles. The van der Waals surface area contributed by atoms with E-state index in [0.717, 1.165) is 19.3 Å². The maximum atomic E-state index is 12.8. The van der Waals surface area contributed by atoms with Crippen molar-refractivity contribution >= 4 is 17.7 Å². The molecule has 3 rings (SSSR count). The van der Waals surface area contributed by atoms with Gasteiger partial charge in [0.05, 0.1) is 0 Å². The Morgan fingerprint density at radius 3 is 2.68 bits per heavy atom. The molecule has 3 fully saturated rings. The van der Waals surface area contributed by atoms with Gasteiger partial charge in [0.15, 0.2) is 0 Å². The minimum Gasteiger partial charge on any atom is -0.384 e. The molecule has 0 aromatic heterocycles. The van der Waals surface area contributed by atoms with Gasteiger partial charge in [0.25, 0.3) is 0 Å². The normalized spacial score (nSPS) is 31.9. The van der Waals surface area contributed by atoms with Crippen LogP contribution in [0.1, 0.15) is 58.3 Å². The van der Waals surface area contributed by atoms with Crippen molar-refractivity contribution in [1.29, 1.82) is 0 Å². The minimum atomic E-state index is -1.07. The van der Waals surface area contributed by atoms with E-state index in [1.54, 1.807) is 4.90 Å². The molecule has 1 aliphatic carbocycles. The van der Waals surface area contributed by atoms with Gasteiger partial charge in [-0.15, -0.1) is 0 Å². The van der Waals surface area contributed by atoms with Crippen molar-refractivity contribution in [2.24, 2.45) is 5.92 Å². The van der Waals surface area contributed by atoms with Crippen molar-refractivity contribution in [1.82, 2.24) is 15.5 Å². The van der Waals surface area contributed by atoms with Crippen LogP contribution in [-0.2, 0) is 14.4 Å². The second kappa shape index (κ2) is 7.72. The Kier molecular flexibility index (Phi) is 5.61. The standard InChI is InChI=1S/C18H29N3O4/c1-11(22)16(23)19-13-7-8-21-15(10-13)17(24)20-14(18(21)25)9-12-5-3-2-4-6-12/h11-15,22H,2-10H2,1H3,(H,19,23)(H,20,24). The third-order valence-corrected chi connectivity index (χ3v) is 5.82. The van der Waals surface area contributed by atoms with Gasteiger partial charge < -0.3 is 20.6 Å². The molecule has 0 radical (unpaired) electrons. The average molecular weight is 351 g/mol. The summed E-state index contributed by atoms with van der Waals surface area (Å²) in [5, 5.41) is 15.0. The summed E-state index contributed by atoms with van der Waals surface area (Å²) in [6, 6.07) is -1.09. The Bertz CT molecular complexity index is 530. The molecule has 140 valence electrons. The third kappa shape index (κ3) is 4.14. The molecule has 2 aliphatic heterocycles. The van der Waals surface area contributed by atoms with E-state index in [1.165, 1.54) is 26.2 Å². The molecule has 3 amide bonds. The van der Waals surface area contributed by atoms with Gasteiger partial charge in [-0.2, -0.15) is 0 Å². The van der Waals surface area contributed by atoms with Gasteiger partial charge in [-0.25, -0.2) is 0 Å². The maximum Gasteiger partial charge on any atom is 0.248 e. The molecule has 7 nitrogen and oxygen atoms in total. The number of piperidine rings is 1. The van der Waals surface area contributed by atoms with Crippen molar-refractivity contribution < 1.29 is 19.5 Å². The van der Waals surface area contributed by atoms with E-state index in [0.29, 0.717) is 25.3 Å². The smallest absolute Gasteiger partial charge is 0.248 e. The maximum absolute atomic E-state index is 12.8. The number of nitrogens with zero attached hydrogens (tertiary/aromatic N) is 1. The fraction of sp³-hybridized carbons (Fsp3) is 0.833. The van der Waals surface area contributed by atoms with Gasteiger partial charge in [-0.1, -0.05) is 32.1 Å². The molecule has 3 aliphatic rings. The first-order valence-electron chi connectivity index (χ1n) is 9.55. The van der Waals surface area contributed by atoms with E-state index in [2.05, 4.69) is 10.6 Å². The molecule has 25 heavy (non-hydrogen) atoms. The van der Waals surface area contributed by atoms with Crippen LogP contribution in [0.5, 0.6) is 0 Å². The molecular weight excluding hydrogens is 322 g/mol. The number of carbonyl (C=O) groups is 3. The van der Waals surface area contributed by atoms with Gasteiger partial charge in [-0.05, 0) is 32.1 Å². The van der Waals surface area contributed by atoms with Gasteiger partial charge >= 0.3 is 0 Å². The van der Waals surface area contributed by atoms with Crippen LogP contribution in [0.25, 0.3) is 0 Å². The zero-order valence-electron chi connectivity index (χ0n) is 14.9. The highest BCUT2D eigenvalue weighted by Gasteiger charge is 2.44. The second-order valence-corrected chi connectivity index (χ2v) is 7.75. The van der Waals surface area contributed by atoms with Crippen LogP contribution in [0, 0.1) is 5.92 Å². The monoisotopic (exact) mass is 351 g/mol. The van der Waals surface area contributed by atoms with E-state index >= 15 is 0 Å². The largest absolute Gasteiger partial charge is 0.384 e. The van der Waals surface area contributed by atoms with E-state index < -0.39 is 24.1 Å². The van der Waals surface area contributed by atoms with E-state index in [4.69, 9.17) is 0 Å². The lowest BCUT2D eigenvalue weighted by Crippen LogP contribution is -2.67. The Morgan fingerprint density at radius 1 is 1.28 bits per heavy atom. The summed E-state index contributed by atoms with van der Waals surface area (Å²) in [6.07, 6.45) is 6.71. The first-order valence-corrected chi connectivity index (χ1v) is 9.55. The molecule has 7 heteroatoms. The quantitative estimate of drug-likeness (QED) is 0.679. The molecule has 0 bridgehead atoms. The third-order valence-electron chi connectivity index (χ3n) is 5.82. The fourth-order valence-corrected chi connectivity index (χ4v) is 4.38. The average Bonchev–Trinajstić information content (AvgIpc) is 2.60. The molecule has 4 atom stereocenters. The van der Waals surface area contributed by atoms with Crippen molar-refractivity contribution in [3.63, 3.8) is 0 Å². The van der Waals surface area contributed by atoms with Crippen molar-refractivity contribution in [2.75, 3.05) is 6.54 Å². The number of piperazine rings is 1. The van der Waals surface area contributed by atoms with Crippen LogP contribution in [0.2, 0.25) is 0 Å². The molecule has 0 aromatic rings. The topological polar surface area (TPSA) is 98.7 Å². The number of carbonyl (C=O) groups excluding carboxylic acids is 3. The van der Waals surface area contributed by atoms with Crippen LogP contribution in [-0.4, -0.2) is 58.5 Å². The van der Waals surface area contributed by atoms with E-state index in [9.17, 15) is 19.5 Å². The lowest BCUT2D eigenvalue weighted by Gasteiger charge is -2.44. The van der Waals surface area contributed by atoms with Crippen molar-refractivity contribution in [2.45, 2.75) is 82.5 Å². The van der Waals surface area contributed by atoms with E-state index in [-0.39, 0.29) is 17.9 Å². The summed E-state index contributed by atoms with van der Waals surface area (Å²) in [6.45, 7) is 1.89. The van der Waals surface area contributed by atoms with Crippen LogP contribution in [0.15, 0.2) is 0 Å². The summed E-state index contributed by atoms with van der Waals surface area (Å²) < 4.78 is 0. The van der Waals surface area contributed by atoms with E-state index in [1.807, 2.05) is 0 Å². The van der Waals surface area contributed by atoms with Crippen LogP contribution in [0.3, 0.4) is 0 Å². The highest BCUT2D eigenvalue weighted by Crippen LogP contribution is 2.30. The van der Waals surface area contributed by atoms with Crippen LogP contribution < -0.4 is 10.6 Å². The Morgan fingerprint density at radius 2 is 2.00 bits per heavy atom. The highest BCUT2D eigenvalue weighted by atomic mass is 16.3. The highest BCUT2D eigenvalue weighted by molar-refractivity contribution is 5.97. The summed E-state index contributed by atoms with van der Waals surface area (Å²) >= 11 is 0. The first kappa shape index (κ1) is 18.2. The number of hydrogen-bond acceptors (Lipinski definition) is 4. The summed E-state index contributed by atoms with van der Waals surface area (Å²) in [5.41, 5.74) is 0. The van der Waals surface area contributed by atoms with Crippen LogP contribution >= 0.6 is 0 Å². The van der Waals surface area contributed by atoms with Crippen molar-refractivity contribution in [3.8, 4) is 0 Å². The van der Waals surface area contributed by atoms with Gasteiger partial charge in [0.1, 0.15) is 18.2 Å². The fourth-order valence-electron chi connectivity index (χ4n) is 4.38. The first-order chi connectivity index (χ1) is 12.0. The molecule has 3 N–H and O–H groups in total. The predicted molar refractivity (Wildman–Crippen MR) is 91.5 cm³/mol. The second-order valence-electron chi connectivity index (χ2n) is 7.75. The zero-order valence-corrected chi connectivity index (χ0v) is 14.9. The molecule has 0 spiro atoms. The number of aliphatic hydroxyl groups excluding tert-OH is 1. The molecule has 1 saturated carbocycles. The van der Waals surface area contributed by atoms with Gasteiger partial charge in [0.2, 0.25) is 17.7 Å². The lowest BCUT2D eigenvalue weighted by atomic mass is 9.83. The molecule has 0 aromatic carbocycles. The molecule has 2 saturated heterocycles. The SMILES string of the molecule is CC(O)C(=O)NC1CCN2C(=O)C(CC3CCCCC3)NC(=O)C2C1. The number of amides is 3. The molecule has 4 unspecified atom stereocenters.